The fraction of sp³-hybridized carbons (Fsp3) is 0.545. The van der Waals surface area contributed by atoms with Crippen LogP contribution in [0.1, 0.15) is 19.3 Å². The summed E-state index contributed by atoms with van der Waals surface area (Å²) in [5.74, 6) is 0.958. The van der Waals surface area contributed by atoms with E-state index in [1.165, 1.54) is 12.8 Å². The third-order valence-electron chi connectivity index (χ3n) is 2.96. The number of nitrogens with two attached hydrogens (primary N) is 1. The summed E-state index contributed by atoms with van der Waals surface area (Å²) >= 11 is 9.40. The van der Waals surface area contributed by atoms with Gasteiger partial charge in [-0.3, -0.25) is 0 Å². The summed E-state index contributed by atoms with van der Waals surface area (Å²) in [4.78, 5) is 6.67. The summed E-state index contributed by atoms with van der Waals surface area (Å²) in [5, 5.41) is 0.650. The van der Waals surface area contributed by atoms with Crippen LogP contribution < -0.4 is 10.6 Å². The van der Waals surface area contributed by atoms with Crippen molar-refractivity contribution in [3.63, 3.8) is 0 Å². The molecule has 0 aliphatic carbocycles. The molecule has 1 aromatic heterocycles. The minimum Gasteiger partial charge on any atom is -0.351 e. The molecule has 88 valence electrons. The van der Waals surface area contributed by atoms with Gasteiger partial charge >= 0.3 is 0 Å². The van der Waals surface area contributed by atoms with E-state index in [0.29, 0.717) is 17.6 Å². The number of aromatic nitrogens is 1. The van der Waals surface area contributed by atoms with Gasteiger partial charge in [0.1, 0.15) is 5.82 Å². The monoisotopic (exact) mass is 303 g/mol. The van der Waals surface area contributed by atoms with Gasteiger partial charge < -0.3 is 10.6 Å². The SMILES string of the molecule is NCC1CCCCN1c1ncc(Cl)cc1Br. The molecule has 0 saturated carbocycles. The Morgan fingerprint density at radius 3 is 3.06 bits per heavy atom. The molecule has 2 heterocycles. The molecule has 3 nitrogen and oxygen atoms in total. The van der Waals surface area contributed by atoms with Gasteiger partial charge in [-0.05, 0) is 41.3 Å². The standard InChI is InChI=1S/C11H15BrClN3/c12-10-5-8(13)7-15-11(10)16-4-2-1-3-9(16)6-14/h5,7,9H,1-4,6,14H2. The van der Waals surface area contributed by atoms with E-state index < -0.39 is 0 Å². The Morgan fingerprint density at radius 1 is 1.56 bits per heavy atom. The predicted octanol–water partition coefficient (Wildman–Crippen LogP) is 2.82. The maximum absolute atomic E-state index is 5.89. The lowest BCUT2D eigenvalue weighted by atomic mass is 10.0. The van der Waals surface area contributed by atoms with Gasteiger partial charge in [-0.1, -0.05) is 11.6 Å². The normalized spacial score (nSPS) is 21.2. The molecule has 5 heteroatoms. The second kappa shape index (κ2) is 5.34. The molecule has 1 unspecified atom stereocenters. The zero-order valence-electron chi connectivity index (χ0n) is 9.00. The molecule has 0 radical (unpaired) electrons. The minimum absolute atomic E-state index is 0.402. The molecule has 2 N–H and O–H groups in total. The van der Waals surface area contributed by atoms with E-state index in [2.05, 4.69) is 25.8 Å². The van der Waals surface area contributed by atoms with Crippen LogP contribution in [0.4, 0.5) is 5.82 Å². The quantitative estimate of drug-likeness (QED) is 0.913. The largest absolute Gasteiger partial charge is 0.351 e. The highest BCUT2D eigenvalue weighted by Crippen LogP contribution is 2.30. The first-order chi connectivity index (χ1) is 7.72. The number of nitrogens with zero attached hydrogens (tertiary/aromatic N) is 2. The summed E-state index contributed by atoms with van der Waals surface area (Å²) in [5.41, 5.74) is 5.80. The lowest BCUT2D eigenvalue weighted by Gasteiger charge is -2.36. The fourth-order valence-electron chi connectivity index (χ4n) is 2.14. The lowest BCUT2D eigenvalue weighted by molar-refractivity contribution is 0.461. The first kappa shape index (κ1) is 12.1. The molecule has 1 fully saturated rings. The van der Waals surface area contributed by atoms with Crippen LogP contribution in [-0.4, -0.2) is 24.1 Å². The Morgan fingerprint density at radius 2 is 2.38 bits per heavy atom. The summed E-state index contributed by atoms with van der Waals surface area (Å²) < 4.78 is 0.945. The van der Waals surface area contributed by atoms with Crippen LogP contribution >= 0.6 is 27.5 Å². The molecule has 2 rings (SSSR count). The highest BCUT2D eigenvalue weighted by Gasteiger charge is 2.23. The van der Waals surface area contributed by atoms with Crippen molar-refractivity contribution in [2.75, 3.05) is 18.0 Å². The van der Waals surface area contributed by atoms with Crippen LogP contribution in [0.25, 0.3) is 0 Å². The van der Waals surface area contributed by atoms with Crippen molar-refractivity contribution in [2.24, 2.45) is 5.73 Å². The third-order valence-corrected chi connectivity index (χ3v) is 3.75. The molecule has 1 atom stereocenters. The van der Waals surface area contributed by atoms with Gasteiger partial charge in [0.25, 0.3) is 0 Å². The second-order valence-electron chi connectivity index (χ2n) is 4.04. The summed E-state index contributed by atoms with van der Waals surface area (Å²) in [6.07, 6.45) is 5.29. The molecule has 16 heavy (non-hydrogen) atoms. The second-order valence-corrected chi connectivity index (χ2v) is 5.33. The highest BCUT2D eigenvalue weighted by molar-refractivity contribution is 9.10. The third kappa shape index (κ3) is 2.50. The van der Waals surface area contributed by atoms with Gasteiger partial charge in [-0.2, -0.15) is 0 Å². The highest BCUT2D eigenvalue weighted by atomic mass is 79.9. The zero-order chi connectivity index (χ0) is 11.5. The van der Waals surface area contributed by atoms with Crippen LogP contribution in [0.3, 0.4) is 0 Å². The smallest absolute Gasteiger partial charge is 0.143 e. The van der Waals surface area contributed by atoms with Crippen LogP contribution in [0, 0.1) is 0 Å². The summed E-state index contributed by atoms with van der Waals surface area (Å²) in [7, 11) is 0. The van der Waals surface area contributed by atoms with E-state index in [9.17, 15) is 0 Å². The van der Waals surface area contributed by atoms with Crippen molar-refractivity contribution in [1.82, 2.24) is 4.98 Å². The van der Waals surface area contributed by atoms with Crippen molar-refractivity contribution in [3.05, 3.63) is 21.8 Å². The maximum Gasteiger partial charge on any atom is 0.143 e. The van der Waals surface area contributed by atoms with Crippen molar-refractivity contribution in [3.8, 4) is 0 Å². The fourth-order valence-corrected chi connectivity index (χ4v) is 3.01. The van der Waals surface area contributed by atoms with E-state index in [0.717, 1.165) is 23.3 Å². The number of hydrogen-bond donors (Lipinski definition) is 1. The van der Waals surface area contributed by atoms with E-state index in [-0.39, 0.29) is 0 Å². The molecule has 1 aliphatic heterocycles. The van der Waals surface area contributed by atoms with E-state index in [1.807, 2.05) is 6.07 Å². The maximum atomic E-state index is 5.89. The minimum atomic E-state index is 0.402. The van der Waals surface area contributed by atoms with Crippen LogP contribution in [-0.2, 0) is 0 Å². The molecular weight excluding hydrogens is 289 g/mol. The van der Waals surface area contributed by atoms with Crippen LogP contribution in [0.15, 0.2) is 16.7 Å². The van der Waals surface area contributed by atoms with Crippen molar-refractivity contribution in [2.45, 2.75) is 25.3 Å². The molecule has 0 aromatic carbocycles. The van der Waals surface area contributed by atoms with Gasteiger partial charge in [0.15, 0.2) is 0 Å². The van der Waals surface area contributed by atoms with Crippen molar-refractivity contribution in [1.29, 1.82) is 0 Å². The Labute approximate surface area is 109 Å². The Hall–Kier alpha value is -0.320. The molecule has 1 aliphatic rings. The van der Waals surface area contributed by atoms with Crippen LogP contribution in [0.5, 0.6) is 0 Å². The zero-order valence-corrected chi connectivity index (χ0v) is 11.3. The Balaban J connectivity index is 2.27. The molecule has 1 aromatic rings. The average molecular weight is 305 g/mol. The van der Waals surface area contributed by atoms with Gasteiger partial charge in [0.2, 0.25) is 0 Å². The number of rotatable bonds is 2. The molecule has 0 amide bonds. The van der Waals surface area contributed by atoms with Crippen molar-refractivity contribution < 1.29 is 0 Å². The Bertz CT molecular complexity index is 372. The van der Waals surface area contributed by atoms with E-state index >= 15 is 0 Å². The molecule has 1 saturated heterocycles. The Kier molecular flexibility index (Phi) is 4.05. The number of anilines is 1. The predicted molar refractivity (Wildman–Crippen MR) is 71.0 cm³/mol. The first-order valence-corrected chi connectivity index (χ1v) is 6.67. The number of pyridine rings is 1. The average Bonchev–Trinajstić information content (AvgIpc) is 2.29. The molecular formula is C11H15BrClN3. The molecule has 0 spiro atoms. The van der Waals surface area contributed by atoms with Gasteiger partial charge in [0.05, 0.1) is 9.50 Å². The van der Waals surface area contributed by atoms with Crippen molar-refractivity contribution >= 4 is 33.3 Å². The van der Waals surface area contributed by atoms with Crippen LogP contribution in [0.2, 0.25) is 5.02 Å². The van der Waals surface area contributed by atoms with Gasteiger partial charge in [0, 0.05) is 25.3 Å². The lowest BCUT2D eigenvalue weighted by Crippen LogP contribution is -2.44. The van der Waals surface area contributed by atoms with Gasteiger partial charge in [-0.15, -0.1) is 0 Å². The summed E-state index contributed by atoms with van der Waals surface area (Å²) in [6, 6.07) is 2.28. The summed E-state index contributed by atoms with van der Waals surface area (Å²) in [6.45, 7) is 1.70. The van der Waals surface area contributed by atoms with E-state index in [4.69, 9.17) is 17.3 Å². The first-order valence-electron chi connectivity index (χ1n) is 5.50. The van der Waals surface area contributed by atoms with E-state index in [1.54, 1.807) is 6.20 Å². The number of hydrogen-bond acceptors (Lipinski definition) is 3. The molecule has 0 bridgehead atoms. The topological polar surface area (TPSA) is 42.1 Å². The number of piperidine rings is 1. The van der Waals surface area contributed by atoms with Gasteiger partial charge in [-0.25, -0.2) is 4.98 Å². The number of halogens is 2.